The van der Waals surface area contributed by atoms with Crippen molar-refractivity contribution in [3.8, 4) is 33.8 Å². The van der Waals surface area contributed by atoms with Crippen molar-refractivity contribution >= 4 is 17.5 Å². The third kappa shape index (κ3) is 4.64. The van der Waals surface area contributed by atoms with Gasteiger partial charge in [0.1, 0.15) is 17.1 Å². The van der Waals surface area contributed by atoms with Crippen LogP contribution in [0.5, 0.6) is 0 Å². The Morgan fingerprint density at radius 3 is 1.97 bits per heavy atom. The number of anilines is 2. The zero-order valence-corrected chi connectivity index (χ0v) is 17.6. The van der Waals surface area contributed by atoms with Crippen LogP contribution in [-0.4, -0.2) is 11.7 Å². The SMILES string of the molecule is CC(C)(C)OC(=O)Nc1ccc(-c2ccc(N)cc2-c2ccco2)c(-c2ccco2)c1. The van der Waals surface area contributed by atoms with E-state index in [9.17, 15) is 4.79 Å². The minimum Gasteiger partial charge on any atom is -0.464 e. The molecule has 2 aromatic carbocycles. The summed E-state index contributed by atoms with van der Waals surface area (Å²) in [6.07, 6.45) is 2.72. The molecule has 0 unspecified atom stereocenters. The lowest BCUT2D eigenvalue weighted by atomic mass is 9.92. The van der Waals surface area contributed by atoms with E-state index >= 15 is 0 Å². The summed E-state index contributed by atoms with van der Waals surface area (Å²) < 4.78 is 16.7. The van der Waals surface area contributed by atoms with Crippen LogP contribution < -0.4 is 11.1 Å². The third-order valence-corrected chi connectivity index (χ3v) is 4.57. The summed E-state index contributed by atoms with van der Waals surface area (Å²) >= 11 is 0. The summed E-state index contributed by atoms with van der Waals surface area (Å²) in [5, 5.41) is 2.79. The highest BCUT2D eigenvalue weighted by molar-refractivity contribution is 5.94. The van der Waals surface area contributed by atoms with Gasteiger partial charge < -0.3 is 19.3 Å². The molecule has 4 aromatic rings. The van der Waals surface area contributed by atoms with Crippen LogP contribution in [0.2, 0.25) is 0 Å². The number of hydrogen-bond donors (Lipinski definition) is 2. The van der Waals surface area contributed by atoms with Gasteiger partial charge in [0.05, 0.1) is 12.5 Å². The largest absolute Gasteiger partial charge is 0.464 e. The fraction of sp³-hybridized carbons (Fsp3) is 0.160. The first-order valence-electron chi connectivity index (χ1n) is 9.92. The highest BCUT2D eigenvalue weighted by atomic mass is 16.6. The number of amides is 1. The van der Waals surface area contributed by atoms with Gasteiger partial charge >= 0.3 is 6.09 Å². The standard InChI is InChI=1S/C25H24N2O4/c1-25(2,3)31-24(28)27-17-9-11-19(21(15-17)23-7-5-13-30-23)18-10-8-16(26)14-20(18)22-6-4-12-29-22/h4-15H,26H2,1-3H3,(H,27,28). The van der Waals surface area contributed by atoms with Crippen molar-refractivity contribution in [3.63, 3.8) is 0 Å². The molecule has 0 aliphatic rings. The van der Waals surface area contributed by atoms with Crippen LogP contribution in [0.15, 0.2) is 82.0 Å². The molecule has 0 spiro atoms. The van der Waals surface area contributed by atoms with Crippen LogP contribution in [0, 0.1) is 0 Å². The fourth-order valence-corrected chi connectivity index (χ4v) is 3.35. The van der Waals surface area contributed by atoms with Crippen LogP contribution in [0.3, 0.4) is 0 Å². The van der Waals surface area contributed by atoms with Gasteiger partial charge in [0.15, 0.2) is 0 Å². The van der Waals surface area contributed by atoms with Crippen LogP contribution >= 0.6 is 0 Å². The number of benzene rings is 2. The Labute approximate surface area is 180 Å². The molecule has 0 aliphatic carbocycles. The second-order valence-corrected chi connectivity index (χ2v) is 8.15. The van der Waals surface area contributed by atoms with E-state index < -0.39 is 11.7 Å². The number of hydrogen-bond acceptors (Lipinski definition) is 5. The summed E-state index contributed by atoms with van der Waals surface area (Å²) in [4.78, 5) is 12.2. The molecule has 6 nitrogen and oxygen atoms in total. The average Bonchev–Trinajstić information content (AvgIpc) is 3.41. The lowest BCUT2D eigenvalue weighted by Crippen LogP contribution is -2.27. The van der Waals surface area contributed by atoms with Gasteiger partial charge in [-0.25, -0.2) is 4.79 Å². The fourth-order valence-electron chi connectivity index (χ4n) is 3.35. The monoisotopic (exact) mass is 416 g/mol. The summed E-state index contributed by atoms with van der Waals surface area (Å²) in [7, 11) is 0. The Balaban J connectivity index is 1.80. The van der Waals surface area contributed by atoms with Gasteiger partial charge in [-0.1, -0.05) is 12.1 Å². The summed E-state index contributed by atoms with van der Waals surface area (Å²) in [5.41, 5.74) is 10.2. The number of ether oxygens (including phenoxy) is 1. The molecule has 3 N–H and O–H groups in total. The maximum atomic E-state index is 12.2. The van der Waals surface area contributed by atoms with Crippen molar-refractivity contribution < 1.29 is 18.4 Å². The van der Waals surface area contributed by atoms with E-state index in [0.29, 0.717) is 22.9 Å². The Morgan fingerprint density at radius 1 is 0.839 bits per heavy atom. The summed E-state index contributed by atoms with van der Waals surface area (Å²) in [6, 6.07) is 18.7. The van der Waals surface area contributed by atoms with Gasteiger partial charge in [-0.2, -0.15) is 0 Å². The summed E-state index contributed by atoms with van der Waals surface area (Å²) in [6.45, 7) is 5.46. The first-order chi connectivity index (χ1) is 14.8. The first kappa shape index (κ1) is 20.3. The van der Waals surface area contributed by atoms with Crippen LogP contribution in [-0.2, 0) is 4.74 Å². The Morgan fingerprint density at radius 2 is 1.42 bits per heavy atom. The zero-order valence-electron chi connectivity index (χ0n) is 17.6. The minimum absolute atomic E-state index is 0.519. The molecule has 0 bridgehead atoms. The number of nitrogens with one attached hydrogen (secondary N) is 1. The molecular weight excluding hydrogens is 392 g/mol. The molecule has 6 heteroatoms. The maximum Gasteiger partial charge on any atom is 0.412 e. The molecule has 0 saturated carbocycles. The number of nitrogens with two attached hydrogens (primary N) is 1. The van der Waals surface area contributed by atoms with Crippen LogP contribution in [0.1, 0.15) is 20.8 Å². The van der Waals surface area contributed by atoms with E-state index in [-0.39, 0.29) is 0 Å². The van der Waals surface area contributed by atoms with Crippen molar-refractivity contribution in [3.05, 3.63) is 73.2 Å². The van der Waals surface area contributed by atoms with Gasteiger partial charge in [0, 0.05) is 22.5 Å². The van der Waals surface area contributed by atoms with Gasteiger partial charge in [-0.15, -0.1) is 0 Å². The molecular formula is C25H24N2O4. The molecule has 158 valence electrons. The molecule has 2 aromatic heterocycles. The maximum absolute atomic E-state index is 12.2. The summed E-state index contributed by atoms with van der Waals surface area (Å²) in [5.74, 6) is 1.38. The van der Waals surface area contributed by atoms with Crippen molar-refractivity contribution in [1.82, 2.24) is 0 Å². The van der Waals surface area contributed by atoms with Crippen molar-refractivity contribution in [2.45, 2.75) is 26.4 Å². The Bertz CT molecular complexity index is 1190. The van der Waals surface area contributed by atoms with Gasteiger partial charge in [-0.3, -0.25) is 5.32 Å². The van der Waals surface area contributed by atoms with Crippen LogP contribution in [0.25, 0.3) is 33.8 Å². The number of carbonyl (C=O) groups excluding carboxylic acids is 1. The molecule has 2 heterocycles. The molecule has 0 aliphatic heterocycles. The first-order valence-corrected chi connectivity index (χ1v) is 9.92. The highest BCUT2D eigenvalue weighted by Crippen LogP contribution is 2.40. The minimum atomic E-state index is -0.588. The van der Waals surface area contributed by atoms with Crippen molar-refractivity contribution in [2.75, 3.05) is 11.1 Å². The van der Waals surface area contributed by atoms with E-state index in [1.807, 2.05) is 81.4 Å². The van der Waals surface area contributed by atoms with E-state index in [1.165, 1.54) is 0 Å². The lowest BCUT2D eigenvalue weighted by molar-refractivity contribution is 0.0636. The molecule has 0 saturated heterocycles. The Kier molecular flexibility index (Phi) is 5.29. The number of rotatable bonds is 4. The van der Waals surface area contributed by atoms with Crippen molar-refractivity contribution in [1.29, 1.82) is 0 Å². The molecule has 0 fully saturated rings. The zero-order chi connectivity index (χ0) is 22.0. The molecule has 0 radical (unpaired) electrons. The average molecular weight is 416 g/mol. The molecule has 4 rings (SSSR count). The quantitative estimate of drug-likeness (QED) is 0.357. The topological polar surface area (TPSA) is 90.6 Å². The van der Waals surface area contributed by atoms with Crippen LogP contribution in [0.4, 0.5) is 16.2 Å². The second-order valence-electron chi connectivity index (χ2n) is 8.15. The number of nitrogen functional groups attached to an aromatic ring is 1. The van der Waals surface area contributed by atoms with Gasteiger partial charge in [0.2, 0.25) is 0 Å². The van der Waals surface area contributed by atoms with Gasteiger partial charge in [-0.05, 0) is 80.4 Å². The predicted octanol–water partition coefficient (Wildman–Crippen LogP) is 6.80. The Hall–Kier alpha value is -3.93. The lowest BCUT2D eigenvalue weighted by Gasteiger charge is -2.20. The second kappa shape index (κ2) is 8.07. The third-order valence-electron chi connectivity index (χ3n) is 4.57. The van der Waals surface area contributed by atoms with E-state index in [2.05, 4.69) is 5.32 Å². The molecule has 31 heavy (non-hydrogen) atoms. The smallest absolute Gasteiger partial charge is 0.412 e. The number of carbonyl (C=O) groups is 1. The molecule has 0 atom stereocenters. The van der Waals surface area contributed by atoms with Crippen molar-refractivity contribution in [2.24, 2.45) is 0 Å². The normalized spacial score (nSPS) is 11.3. The van der Waals surface area contributed by atoms with E-state index in [0.717, 1.165) is 22.3 Å². The van der Waals surface area contributed by atoms with E-state index in [1.54, 1.807) is 12.5 Å². The number of furan rings is 2. The van der Waals surface area contributed by atoms with Gasteiger partial charge in [0.25, 0.3) is 0 Å². The van der Waals surface area contributed by atoms with E-state index in [4.69, 9.17) is 19.3 Å². The highest BCUT2D eigenvalue weighted by Gasteiger charge is 2.19. The molecule has 1 amide bonds. The predicted molar refractivity (Wildman–Crippen MR) is 122 cm³/mol.